The van der Waals surface area contributed by atoms with E-state index in [2.05, 4.69) is 0 Å². The topological polar surface area (TPSA) is 66.8 Å². The second-order valence-electron chi connectivity index (χ2n) is 4.75. The number of rotatable bonds is 3. The highest BCUT2D eigenvalue weighted by molar-refractivity contribution is 5.73. The number of ether oxygens (including phenoxy) is 1. The Kier molecular flexibility index (Phi) is 4.07. The number of hydrogen-bond donors (Lipinski definition) is 2. The van der Waals surface area contributed by atoms with E-state index in [1.807, 2.05) is 0 Å². The molecule has 0 spiro atoms. The van der Waals surface area contributed by atoms with E-state index in [1.165, 1.54) is 18.6 Å². The summed E-state index contributed by atoms with van der Waals surface area (Å²) in [6.07, 6.45) is 5.55. The Hall–Kier alpha value is -1.71. The lowest BCUT2D eigenvalue weighted by Crippen LogP contribution is -2.21. The van der Waals surface area contributed by atoms with Crippen LogP contribution in [0.2, 0.25) is 0 Å². The van der Waals surface area contributed by atoms with Gasteiger partial charge < -0.3 is 14.9 Å². The first-order valence-corrected chi connectivity index (χ1v) is 6.35. The maximum absolute atomic E-state index is 11.7. The highest BCUT2D eigenvalue weighted by Crippen LogP contribution is 2.25. The van der Waals surface area contributed by atoms with Crippen molar-refractivity contribution < 1.29 is 19.7 Å². The van der Waals surface area contributed by atoms with Gasteiger partial charge in [-0.05, 0) is 43.4 Å². The molecule has 1 fully saturated rings. The van der Waals surface area contributed by atoms with Gasteiger partial charge in [-0.2, -0.15) is 0 Å². The molecule has 0 bridgehead atoms. The molecule has 1 aliphatic rings. The fraction of sp³-hybridized carbons (Fsp3) is 0.500. The van der Waals surface area contributed by atoms with Crippen molar-refractivity contribution in [3.63, 3.8) is 0 Å². The molecule has 1 aromatic rings. The van der Waals surface area contributed by atoms with Crippen LogP contribution in [0.5, 0.6) is 11.5 Å². The number of aromatic hydroxyl groups is 2. The van der Waals surface area contributed by atoms with Crippen molar-refractivity contribution in [3.05, 3.63) is 23.8 Å². The van der Waals surface area contributed by atoms with Crippen LogP contribution in [-0.4, -0.2) is 22.3 Å². The van der Waals surface area contributed by atoms with Gasteiger partial charge in [-0.15, -0.1) is 0 Å². The van der Waals surface area contributed by atoms with Crippen molar-refractivity contribution in [2.75, 3.05) is 0 Å². The van der Waals surface area contributed by atoms with Crippen molar-refractivity contribution in [2.45, 2.75) is 44.6 Å². The summed E-state index contributed by atoms with van der Waals surface area (Å²) in [6.45, 7) is 0. The molecule has 0 radical (unpaired) electrons. The molecule has 1 aromatic carbocycles. The van der Waals surface area contributed by atoms with Crippen molar-refractivity contribution in [3.8, 4) is 11.5 Å². The normalized spacial score (nSPS) is 16.4. The van der Waals surface area contributed by atoms with Gasteiger partial charge >= 0.3 is 5.97 Å². The molecule has 2 rings (SSSR count). The third-order valence-corrected chi connectivity index (χ3v) is 3.24. The predicted molar refractivity (Wildman–Crippen MR) is 66.4 cm³/mol. The van der Waals surface area contributed by atoms with Crippen molar-refractivity contribution in [1.82, 2.24) is 0 Å². The maximum atomic E-state index is 11.7. The largest absolute Gasteiger partial charge is 0.504 e. The van der Waals surface area contributed by atoms with Gasteiger partial charge in [0.25, 0.3) is 0 Å². The molecule has 4 heteroatoms. The Morgan fingerprint density at radius 1 is 1.17 bits per heavy atom. The predicted octanol–water partition coefficient (Wildman–Crippen LogP) is 2.52. The Morgan fingerprint density at radius 2 is 1.89 bits per heavy atom. The molecule has 0 unspecified atom stereocenters. The quantitative estimate of drug-likeness (QED) is 0.639. The van der Waals surface area contributed by atoms with Crippen LogP contribution in [-0.2, 0) is 16.0 Å². The molecule has 98 valence electrons. The molecule has 0 heterocycles. The van der Waals surface area contributed by atoms with Crippen molar-refractivity contribution in [1.29, 1.82) is 0 Å². The van der Waals surface area contributed by atoms with E-state index in [1.54, 1.807) is 6.07 Å². The SMILES string of the molecule is O=C(Cc1ccc(O)c(O)c1)OC1CCCCC1. The maximum Gasteiger partial charge on any atom is 0.310 e. The van der Waals surface area contributed by atoms with E-state index in [0.717, 1.165) is 25.7 Å². The van der Waals surface area contributed by atoms with E-state index >= 15 is 0 Å². The highest BCUT2D eigenvalue weighted by atomic mass is 16.5. The van der Waals surface area contributed by atoms with Crippen molar-refractivity contribution >= 4 is 5.97 Å². The third kappa shape index (κ3) is 3.39. The zero-order chi connectivity index (χ0) is 13.0. The molecular formula is C14H18O4. The van der Waals surface area contributed by atoms with Crippen LogP contribution in [0.3, 0.4) is 0 Å². The van der Waals surface area contributed by atoms with Gasteiger partial charge in [0.05, 0.1) is 6.42 Å². The first-order valence-electron chi connectivity index (χ1n) is 6.35. The van der Waals surface area contributed by atoms with Gasteiger partial charge in [0, 0.05) is 0 Å². The zero-order valence-corrected chi connectivity index (χ0v) is 10.3. The number of phenolic OH excluding ortho intramolecular Hbond substituents is 2. The smallest absolute Gasteiger partial charge is 0.310 e. The first-order chi connectivity index (χ1) is 8.65. The molecule has 0 atom stereocenters. The molecule has 1 aliphatic carbocycles. The second kappa shape index (κ2) is 5.76. The fourth-order valence-corrected chi connectivity index (χ4v) is 2.26. The lowest BCUT2D eigenvalue weighted by Gasteiger charge is -2.21. The Morgan fingerprint density at radius 3 is 2.56 bits per heavy atom. The van der Waals surface area contributed by atoms with Gasteiger partial charge in [-0.25, -0.2) is 0 Å². The van der Waals surface area contributed by atoms with E-state index in [-0.39, 0.29) is 30.0 Å². The number of carbonyl (C=O) groups excluding carboxylic acids is 1. The number of carbonyl (C=O) groups is 1. The summed E-state index contributed by atoms with van der Waals surface area (Å²) in [5, 5.41) is 18.5. The highest BCUT2D eigenvalue weighted by Gasteiger charge is 2.18. The van der Waals surface area contributed by atoms with Gasteiger partial charge in [-0.1, -0.05) is 12.5 Å². The van der Waals surface area contributed by atoms with Gasteiger partial charge in [0.15, 0.2) is 11.5 Å². The van der Waals surface area contributed by atoms with Crippen LogP contribution in [0.4, 0.5) is 0 Å². The average Bonchev–Trinajstić information content (AvgIpc) is 2.35. The monoisotopic (exact) mass is 250 g/mol. The molecule has 2 N–H and O–H groups in total. The van der Waals surface area contributed by atoms with Crippen LogP contribution >= 0.6 is 0 Å². The lowest BCUT2D eigenvalue weighted by molar-refractivity contribution is -0.149. The number of hydrogen-bond acceptors (Lipinski definition) is 4. The summed E-state index contributed by atoms with van der Waals surface area (Å²) in [5.41, 5.74) is 0.645. The van der Waals surface area contributed by atoms with Crippen LogP contribution in [0.25, 0.3) is 0 Å². The third-order valence-electron chi connectivity index (χ3n) is 3.24. The molecule has 0 amide bonds. The van der Waals surface area contributed by atoms with E-state index in [9.17, 15) is 15.0 Å². The molecule has 18 heavy (non-hydrogen) atoms. The summed E-state index contributed by atoms with van der Waals surface area (Å²) >= 11 is 0. The van der Waals surface area contributed by atoms with Gasteiger partial charge in [0.1, 0.15) is 6.10 Å². The number of benzene rings is 1. The Balaban J connectivity index is 1.88. The summed E-state index contributed by atoms with van der Waals surface area (Å²) in [4.78, 5) is 11.7. The van der Waals surface area contributed by atoms with Crippen molar-refractivity contribution in [2.24, 2.45) is 0 Å². The Labute approximate surface area is 106 Å². The van der Waals surface area contributed by atoms with Crippen LogP contribution < -0.4 is 0 Å². The van der Waals surface area contributed by atoms with Gasteiger partial charge in [-0.3, -0.25) is 4.79 Å². The van der Waals surface area contributed by atoms with Crippen LogP contribution in [0.15, 0.2) is 18.2 Å². The zero-order valence-electron chi connectivity index (χ0n) is 10.3. The first kappa shape index (κ1) is 12.7. The molecule has 1 saturated carbocycles. The molecule has 0 aromatic heterocycles. The molecule has 0 saturated heterocycles. The lowest BCUT2D eigenvalue weighted by atomic mass is 9.98. The average molecular weight is 250 g/mol. The summed E-state index contributed by atoms with van der Waals surface area (Å²) in [5.74, 6) is -0.663. The second-order valence-corrected chi connectivity index (χ2v) is 4.75. The van der Waals surface area contributed by atoms with E-state index < -0.39 is 0 Å². The molecular weight excluding hydrogens is 232 g/mol. The standard InChI is InChI=1S/C14H18O4/c15-12-7-6-10(8-13(12)16)9-14(17)18-11-4-2-1-3-5-11/h6-8,11,15-16H,1-5,9H2. The minimum atomic E-state index is -0.271. The van der Waals surface area contributed by atoms with Crippen LogP contribution in [0.1, 0.15) is 37.7 Å². The van der Waals surface area contributed by atoms with Crippen LogP contribution in [0, 0.1) is 0 Å². The van der Waals surface area contributed by atoms with E-state index in [0.29, 0.717) is 5.56 Å². The number of esters is 1. The Bertz CT molecular complexity index is 422. The summed E-state index contributed by atoms with van der Waals surface area (Å²) < 4.78 is 5.38. The fourth-order valence-electron chi connectivity index (χ4n) is 2.26. The molecule has 0 aliphatic heterocycles. The minimum absolute atomic E-state index is 0.0527. The minimum Gasteiger partial charge on any atom is -0.504 e. The molecule has 4 nitrogen and oxygen atoms in total. The number of phenols is 2. The summed E-state index contributed by atoms with van der Waals surface area (Å²) in [7, 11) is 0. The van der Waals surface area contributed by atoms with Gasteiger partial charge in [0.2, 0.25) is 0 Å². The van der Waals surface area contributed by atoms with E-state index in [4.69, 9.17) is 4.74 Å². The summed E-state index contributed by atoms with van der Waals surface area (Å²) in [6, 6.07) is 4.37.